The fourth-order valence-electron chi connectivity index (χ4n) is 1.46. The highest BCUT2D eigenvalue weighted by Crippen LogP contribution is 2.28. The minimum Gasteiger partial charge on any atom is -0.387 e. The summed E-state index contributed by atoms with van der Waals surface area (Å²) in [5.41, 5.74) is 1.02. The average Bonchev–Trinajstić information content (AvgIpc) is 2.83. The Morgan fingerprint density at radius 3 is 2.50 bits per heavy atom. The molecule has 64 valence electrons. The van der Waals surface area contributed by atoms with Crippen LogP contribution in [0.2, 0.25) is 0 Å². The highest BCUT2D eigenvalue weighted by Gasteiger charge is 2.36. The maximum Gasteiger partial charge on any atom is 0.0957 e. The minimum atomic E-state index is -0.309. The first-order chi connectivity index (χ1) is 5.79. The van der Waals surface area contributed by atoms with Crippen molar-refractivity contribution in [2.45, 2.75) is 12.1 Å². The molecular formula is C10H13NO. The van der Waals surface area contributed by atoms with E-state index in [2.05, 4.69) is 4.90 Å². The SMILES string of the molecule is CN1C[C@H]1C(O)c1ccccc1. The zero-order valence-electron chi connectivity index (χ0n) is 7.14. The van der Waals surface area contributed by atoms with Crippen molar-refractivity contribution in [1.82, 2.24) is 4.90 Å². The first-order valence-corrected chi connectivity index (χ1v) is 4.22. The lowest BCUT2D eigenvalue weighted by Crippen LogP contribution is -2.08. The molecule has 1 aliphatic rings. The van der Waals surface area contributed by atoms with Crippen LogP contribution in [0, 0.1) is 0 Å². The minimum absolute atomic E-state index is 0.309. The highest BCUT2D eigenvalue weighted by atomic mass is 16.3. The molecule has 1 heterocycles. The van der Waals surface area contributed by atoms with Gasteiger partial charge in [0.15, 0.2) is 0 Å². The molecule has 0 bridgehead atoms. The summed E-state index contributed by atoms with van der Waals surface area (Å²) in [6.07, 6.45) is -0.309. The van der Waals surface area contributed by atoms with Crippen LogP contribution >= 0.6 is 0 Å². The van der Waals surface area contributed by atoms with Crippen LogP contribution in [0.3, 0.4) is 0 Å². The van der Waals surface area contributed by atoms with E-state index < -0.39 is 0 Å². The quantitative estimate of drug-likeness (QED) is 0.658. The van der Waals surface area contributed by atoms with Gasteiger partial charge in [-0.25, -0.2) is 0 Å². The number of likely N-dealkylation sites (N-methyl/N-ethyl adjacent to an activating group) is 1. The molecule has 0 aromatic heterocycles. The third-order valence-electron chi connectivity index (χ3n) is 2.41. The summed E-state index contributed by atoms with van der Waals surface area (Å²) < 4.78 is 0. The van der Waals surface area contributed by atoms with Crippen molar-refractivity contribution in [3.8, 4) is 0 Å². The predicted molar refractivity (Wildman–Crippen MR) is 47.8 cm³/mol. The molecule has 1 aliphatic heterocycles. The second-order valence-electron chi connectivity index (χ2n) is 3.36. The van der Waals surface area contributed by atoms with Gasteiger partial charge in [0.2, 0.25) is 0 Å². The lowest BCUT2D eigenvalue weighted by Gasteiger charge is -2.08. The summed E-state index contributed by atoms with van der Waals surface area (Å²) in [6, 6.07) is 10.2. The van der Waals surface area contributed by atoms with Crippen molar-refractivity contribution >= 4 is 0 Å². The number of rotatable bonds is 2. The fourth-order valence-corrected chi connectivity index (χ4v) is 1.46. The largest absolute Gasteiger partial charge is 0.387 e. The van der Waals surface area contributed by atoms with Gasteiger partial charge in [-0.3, -0.25) is 4.90 Å². The Hall–Kier alpha value is -0.860. The van der Waals surface area contributed by atoms with Gasteiger partial charge in [-0.1, -0.05) is 30.3 Å². The lowest BCUT2D eigenvalue weighted by molar-refractivity contribution is 0.162. The zero-order valence-corrected chi connectivity index (χ0v) is 7.14. The summed E-state index contributed by atoms with van der Waals surface area (Å²) in [4.78, 5) is 2.14. The van der Waals surface area contributed by atoms with Crippen molar-refractivity contribution in [2.75, 3.05) is 13.6 Å². The van der Waals surface area contributed by atoms with E-state index in [0.717, 1.165) is 12.1 Å². The van der Waals surface area contributed by atoms with Gasteiger partial charge in [0.25, 0.3) is 0 Å². The first-order valence-electron chi connectivity index (χ1n) is 4.22. The maximum atomic E-state index is 9.79. The van der Waals surface area contributed by atoms with Crippen molar-refractivity contribution < 1.29 is 5.11 Å². The number of aliphatic hydroxyl groups is 1. The van der Waals surface area contributed by atoms with E-state index in [1.165, 1.54) is 0 Å². The van der Waals surface area contributed by atoms with Crippen LogP contribution in [-0.4, -0.2) is 29.6 Å². The summed E-state index contributed by atoms with van der Waals surface area (Å²) in [5.74, 6) is 0. The molecule has 0 radical (unpaired) electrons. The average molecular weight is 163 g/mol. The molecule has 2 heteroatoms. The summed E-state index contributed by atoms with van der Waals surface area (Å²) in [5, 5.41) is 9.79. The lowest BCUT2D eigenvalue weighted by atomic mass is 10.1. The van der Waals surface area contributed by atoms with E-state index in [4.69, 9.17) is 0 Å². The van der Waals surface area contributed by atoms with E-state index in [0.29, 0.717) is 6.04 Å². The van der Waals surface area contributed by atoms with Crippen LogP contribution in [-0.2, 0) is 0 Å². The zero-order chi connectivity index (χ0) is 8.55. The van der Waals surface area contributed by atoms with Crippen LogP contribution in [0.5, 0.6) is 0 Å². The Balaban J connectivity index is 2.10. The smallest absolute Gasteiger partial charge is 0.0957 e. The van der Waals surface area contributed by atoms with Gasteiger partial charge in [0, 0.05) is 6.54 Å². The van der Waals surface area contributed by atoms with E-state index in [9.17, 15) is 5.11 Å². The number of benzene rings is 1. The maximum absolute atomic E-state index is 9.79. The topological polar surface area (TPSA) is 23.2 Å². The van der Waals surface area contributed by atoms with Crippen LogP contribution < -0.4 is 0 Å². The Bertz CT molecular complexity index is 260. The Morgan fingerprint density at radius 2 is 2.00 bits per heavy atom. The first kappa shape index (κ1) is 7.77. The Morgan fingerprint density at radius 1 is 1.42 bits per heavy atom. The van der Waals surface area contributed by atoms with Gasteiger partial charge in [-0.15, -0.1) is 0 Å². The molecule has 2 nitrogen and oxygen atoms in total. The molecule has 2 rings (SSSR count). The van der Waals surface area contributed by atoms with E-state index in [1.807, 2.05) is 37.4 Å². The van der Waals surface area contributed by atoms with E-state index >= 15 is 0 Å². The van der Waals surface area contributed by atoms with Crippen LogP contribution in [0.15, 0.2) is 30.3 Å². The molecule has 0 saturated carbocycles. The molecule has 0 spiro atoms. The molecule has 1 aromatic carbocycles. The highest BCUT2D eigenvalue weighted by molar-refractivity contribution is 5.20. The molecule has 1 aromatic rings. The van der Waals surface area contributed by atoms with Gasteiger partial charge in [0.05, 0.1) is 12.1 Å². The van der Waals surface area contributed by atoms with Gasteiger partial charge < -0.3 is 5.11 Å². The Labute approximate surface area is 72.4 Å². The van der Waals surface area contributed by atoms with Crippen molar-refractivity contribution in [2.24, 2.45) is 0 Å². The van der Waals surface area contributed by atoms with Crippen LogP contribution in [0.1, 0.15) is 11.7 Å². The van der Waals surface area contributed by atoms with Gasteiger partial charge in [-0.05, 0) is 12.6 Å². The molecule has 2 unspecified atom stereocenters. The number of hydrogen-bond donors (Lipinski definition) is 1. The number of nitrogens with zero attached hydrogens (tertiary/aromatic N) is 1. The normalized spacial score (nSPS) is 29.8. The monoisotopic (exact) mass is 163 g/mol. The van der Waals surface area contributed by atoms with Crippen LogP contribution in [0.25, 0.3) is 0 Å². The molecule has 3 atom stereocenters. The van der Waals surface area contributed by atoms with Crippen molar-refractivity contribution in [1.29, 1.82) is 0 Å². The molecule has 1 N–H and O–H groups in total. The van der Waals surface area contributed by atoms with Crippen molar-refractivity contribution in [3.63, 3.8) is 0 Å². The summed E-state index contributed by atoms with van der Waals surface area (Å²) in [6.45, 7) is 1.01. The third-order valence-corrected chi connectivity index (χ3v) is 2.41. The van der Waals surface area contributed by atoms with Gasteiger partial charge in [0.1, 0.15) is 0 Å². The standard InChI is InChI=1S/C10H13NO/c1-11-7-9(11)10(12)8-5-3-2-4-6-8/h2-6,9-10,12H,7H2,1H3/t9-,10?,11?/m0/s1. The fraction of sp³-hybridized carbons (Fsp3) is 0.400. The molecule has 12 heavy (non-hydrogen) atoms. The molecule has 0 amide bonds. The number of aliphatic hydroxyl groups excluding tert-OH is 1. The molecular weight excluding hydrogens is 150 g/mol. The summed E-state index contributed by atoms with van der Waals surface area (Å²) >= 11 is 0. The van der Waals surface area contributed by atoms with Gasteiger partial charge >= 0.3 is 0 Å². The van der Waals surface area contributed by atoms with E-state index in [1.54, 1.807) is 0 Å². The van der Waals surface area contributed by atoms with Crippen molar-refractivity contribution in [3.05, 3.63) is 35.9 Å². The van der Waals surface area contributed by atoms with E-state index in [-0.39, 0.29) is 6.10 Å². The van der Waals surface area contributed by atoms with Gasteiger partial charge in [-0.2, -0.15) is 0 Å². The second kappa shape index (κ2) is 2.88. The van der Waals surface area contributed by atoms with Crippen LogP contribution in [0.4, 0.5) is 0 Å². The molecule has 0 aliphatic carbocycles. The third kappa shape index (κ3) is 1.36. The Kier molecular flexibility index (Phi) is 1.87. The summed E-state index contributed by atoms with van der Waals surface area (Å²) in [7, 11) is 2.02. The molecule has 1 fully saturated rings. The second-order valence-corrected chi connectivity index (χ2v) is 3.36. The molecule has 1 saturated heterocycles. The predicted octanol–water partition coefficient (Wildman–Crippen LogP) is 1.03. The number of hydrogen-bond acceptors (Lipinski definition) is 2.